The predicted molar refractivity (Wildman–Crippen MR) is 75.1 cm³/mol. The van der Waals surface area contributed by atoms with E-state index in [2.05, 4.69) is 15.9 Å². The number of ether oxygens (including phenoxy) is 1. The molecule has 0 bridgehead atoms. The van der Waals surface area contributed by atoms with Crippen LogP contribution in [-0.2, 0) is 6.42 Å². The summed E-state index contributed by atoms with van der Waals surface area (Å²) in [5.74, 6) is 0.289. The smallest absolute Gasteiger partial charge is 0.167 e. The summed E-state index contributed by atoms with van der Waals surface area (Å²) in [6.07, 6.45) is 0.169. The highest BCUT2D eigenvalue weighted by Gasteiger charge is 2.08. The van der Waals surface area contributed by atoms with Crippen LogP contribution in [0, 0.1) is 5.82 Å². The van der Waals surface area contributed by atoms with E-state index in [4.69, 9.17) is 4.74 Å². The summed E-state index contributed by atoms with van der Waals surface area (Å²) >= 11 is 3.21. The molecule has 4 heteroatoms. The second-order valence-electron chi connectivity index (χ2n) is 4.11. The van der Waals surface area contributed by atoms with Crippen LogP contribution in [0.5, 0.6) is 5.75 Å². The Balaban J connectivity index is 2.15. The van der Waals surface area contributed by atoms with Crippen molar-refractivity contribution in [3.63, 3.8) is 0 Å². The molecule has 0 aliphatic rings. The van der Waals surface area contributed by atoms with Crippen LogP contribution in [0.3, 0.4) is 0 Å². The van der Waals surface area contributed by atoms with Crippen molar-refractivity contribution in [1.82, 2.24) is 0 Å². The van der Waals surface area contributed by atoms with E-state index in [9.17, 15) is 9.18 Å². The number of hydrogen-bond acceptors (Lipinski definition) is 2. The van der Waals surface area contributed by atoms with Gasteiger partial charge >= 0.3 is 0 Å². The second-order valence-corrected chi connectivity index (χ2v) is 5.02. The second kappa shape index (κ2) is 5.97. The molecule has 0 spiro atoms. The molecule has 0 aliphatic heterocycles. The maximum Gasteiger partial charge on any atom is 0.167 e. The Labute approximate surface area is 119 Å². The van der Waals surface area contributed by atoms with Gasteiger partial charge in [0.2, 0.25) is 0 Å². The van der Waals surface area contributed by atoms with Crippen LogP contribution in [0.1, 0.15) is 15.9 Å². The van der Waals surface area contributed by atoms with Crippen LogP contribution >= 0.6 is 15.9 Å². The van der Waals surface area contributed by atoms with Crippen LogP contribution in [0.4, 0.5) is 4.39 Å². The van der Waals surface area contributed by atoms with Gasteiger partial charge in [0.15, 0.2) is 5.78 Å². The largest absolute Gasteiger partial charge is 0.497 e. The Bertz CT molecular complexity index is 573. The monoisotopic (exact) mass is 322 g/mol. The van der Waals surface area contributed by atoms with Gasteiger partial charge in [-0.1, -0.05) is 15.9 Å². The van der Waals surface area contributed by atoms with Crippen molar-refractivity contribution in [2.24, 2.45) is 0 Å². The summed E-state index contributed by atoms with van der Waals surface area (Å²) in [7, 11) is 1.57. The van der Waals surface area contributed by atoms with Crippen LogP contribution in [0.15, 0.2) is 46.9 Å². The lowest BCUT2D eigenvalue weighted by Crippen LogP contribution is -2.03. The molecular weight excluding hydrogens is 311 g/mol. The molecule has 0 fully saturated rings. The number of halogens is 2. The molecule has 19 heavy (non-hydrogen) atoms. The lowest BCUT2D eigenvalue weighted by atomic mass is 10.0. The number of methoxy groups -OCH3 is 1. The molecule has 2 rings (SSSR count). The number of rotatable bonds is 4. The molecule has 0 aromatic heterocycles. The summed E-state index contributed by atoms with van der Waals surface area (Å²) in [4.78, 5) is 12.1. The molecule has 0 unspecified atom stereocenters. The average molecular weight is 323 g/mol. The molecule has 2 nitrogen and oxygen atoms in total. The van der Waals surface area contributed by atoms with Crippen molar-refractivity contribution in [2.45, 2.75) is 6.42 Å². The zero-order chi connectivity index (χ0) is 13.8. The molecule has 0 heterocycles. The van der Waals surface area contributed by atoms with E-state index in [0.29, 0.717) is 21.3 Å². The maximum atomic E-state index is 13.2. The number of benzene rings is 2. The van der Waals surface area contributed by atoms with E-state index in [1.165, 1.54) is 12.1 Å². The molecule has 98 valence electrons. The van der Waals surface area contributed by atoms with Gasteiger partial charge in [-0.25, -0.2) is 4.39 Å². The van der Waals surface area contributed by atoms with Gasteiger partial charge in [0.25, 0.3) is 0 Å². The van der Waals surface area contributed by atoms with Gasteiger partial charge in [-0.05, 0) is 48.0 Å². The Morgan fingerprint density at radius 2 is 1.89 bits per heavy atom. The number of ketones is 1. The predicted octanol–water partition coefficient (Wildman–Crippen LogP) is 4.02. The highest BCUT2D eigenvalue weighted by atomic mass is 79.9. The van der Waals surface area contributed by atoms with Crippen molar-refractivity contribution in [3.05, 3.63) is 63.9 Å². The zero-order valence-corrected chi connectivity index (χ0v) is 11.9. The van der Waals surface area contributed by atoms with Crippen molar-refractivity contribution in [1.29, 1.82) is 0 Å². The summed E-state index contributed by atoms with van der Waals surface area (Å²) in [5, 5.41) is 0. The lowest BCUT2D eigenvalue weighted by Gasteiger charge is -2.04. The first-order valence-electron chi connectivity index (χ1n) is 5.70. The molecule has 0 aliphatic carbocycles. The number of hydrogen-bond donors (Lipinski definition) is 0. The number of carbonyl (C=O) groups excluding carboxylic acids is 1. The van der Waals surface area contributed by atoms with E-state index < -0.39 is 0 Å². The van der Waals surface area contributed by atoms with E-state index in [1.807, 2.05) is 0 Å². The van der Waals surface area contributed by atoms with Crippen LogP contribution < -0.4 is 4.74 Å². The van der Waals surface area contributed by atoms with Gasteiger partial charge in [-0.2, -0.15) is 0 Å². The fourth-order valence-corrected chi connectivity index (χ4v) is 2.29. The van der Waals surface area contributed by atoms with Crippen LogP contribution in [0.25, 0.3) is 0 Å². The maximum absolute atomic E-state index is 13.2. The fourth-order valence-electron chi connectivity index (χ4n) is 1.78. The standard InChI is InChI=1S/C15H12BrFO2/c1-19-14-4-2-11(3-5-14)15(18)8-10-6-12(16)9-13(17)7-10/h2-7,9H,8H2,1H3. The first-order chi connectivity index (χ1) is 9.08. The van der Waals surface area contributed by atoms with Crippen molar-refractivity contribution in [3.8, 4) is 5.75 Å². The highest BCUT2D eigenvalue weighted by molar-refractivity contribution is 9.10. The Morgan fingerprint density at radius 1 is 1.21 bits per heavy atom. The molecule has 0 amide bonds. The van der Waals surface area contributed by atoms with E-state index in [1.54, 1.807) is 37.4 Å². The molecule has 0 N–H and O–H groups in total. The summed E-state index contributed by atoms with van der Waals surface area (Å²) < 4.78 is 18.9. The third kappa shape index (κ3) is 3.64. The minimum absolute atomic E-state index is 0.0554. The molecule has 2 aromatic rings. The normalized spacial score (nSPS) is 10.3. The molecule has 0 atom stereocenters. The number of carbonyl (C=O) groups is 1. The van der Waals surface area contributed by atoms with Gasteiger partial charge in [-0.3, -0.25) is 4.79 Å². The van der Waals surface area contributed by atoms with E-state index >= 15 is 0 Å². The van der Waals surface area contributed by atoms with Crippen molar-refractivity contribution >= 4 is 21.7 Å². The Hall–Kier alpha value is -1.68. The van der Waals surface area contributed by atoms with Crippen LogP contribution in [-0.4, -0.2) is 12.9 Å². The molecular formula is C15H12BrFO2. The van der Waals surface area contributed by atoms with Crippen LogP contribution in [0.2, 0.25) is 0 Å². The minimum atomic E-state index is -0.355. The van der Waals surface area contributed by atoms with Gasteiger partial charge in [-0.15, -0.1) is 0 Å². The third-order valence-corrected chi connectivity index (χ3v) is 3.16. The zero-order valence-electron chi connectivity index (χ0n) is 10.3. The Kier molecular flexibility index (Phi) is 4.32. The first kappa shape index (κ1) is 13.7. The fraction of sp³-hybridized carbons (Fsp3) is 0.133. The van der Waals surface area contributed by atoms with Gasteiger partial charge < -0.3 is 4.74 Å². The van der Waals surface area contributed by atoms with E-state index in [0.717, 1.165) is 0 Å². The summed E-state index contributed by atoms with van der Waals surface area (Å²) in [6, 6.07) is 11.3. The molecule has 0 saturated heterocycles. The number of Topliss-reactive ketones (excluding diaryl/α,β-unsaturated/α-hetero) is 1. The summed E-state index contributed by atoms with van der Waals surface area (Å²) in [5.41, 5.74) is 1.23. The Morgan fingerprint density at radius 3 is 2.47 bits per heavy atom. The molecule has 0 radical (unpaired) electrons. The lowest BCUT2D eigenvalue weighted by molar-refractivity contribution is 0.0993. The third-order valence-electron chi connectivity index (χ3n) is 2.70. The SMILES string of the molecule is COc1ccc(C(=O)Cc2cc(F)cc(Br)c2)cc1. The summed E-state index contributed by atoms with van der Waals surface area (Å²) in [6.45, 7) is 0. The quantitative estimate of drug-likeness (QED) is 0.795. The topological polar surface area (TPSA) is 26.3 Å². The van der Waals surface area contributed by atoms with Gasteiger partial charge in [0.1, 0.15) is 11.6 Å². The van der Waals surface area contributed by atoms with Crippen molar-refractivity contribution < 1.29 is 13.9 Å². The highest BCUT2D eigenvalue weighted by Crippen LogP contribution is 2.18. The van der Waals surface area contributed by atoms with Gasteiger partial charge in [0, 0.05) is 16.5 Å². The van der Waals surface area contributed by atoms with E-state index in [-0.39, 0.29) is 18.0 Å². The minimum Gasteiger partial charge on any atom is -0.497 e. The van der Waals surface area contributed by atoms with Gasteiger partial charge in [0.05, 0.1) is 7.11 Å². The van der Waals surface area contributed by atoms with Crippen molar-refractivity contribution in [2.75, 3.05) is 7.11 Å². The first-order valence-corrected chi connectivity index (χ1v) is 6.50. The molecule has 2 aromatic carbocycles. The average Bonchev–Trinajstić information content (AvgIpc) is 2.37. The molecule has 0 saturated carbocycles.